The Balaban J connectivity index is 1.45. The van der Waals surface area contributed by atoms with Crippen molar-refractivity contribution in [1.29, 1.82) is 5.26 Å². The molecule has 2 aromatic carbocycles. The number of hydrogen-bond acceptors (Lipinski definition) is 6. The Morgan fingerprint density at radius 3 is 2.47 bits per heavy atom. The minimum absolute atomic E-state index is 0.539. The van der Waals surface area contributed by atoms with E-state index >= 15 is 0 Å². The first kappa shape index (κ1) is 22.2. The number of aromatic nitrogens is 4. The predicted molar refractivity (Wildman–Crippen MR) is 142 cm³/mol. The molecule has 0 unspecified atom stereocenters. The molecule has 7 heteroatoms. The van der Waals surface area contributed by atoms with Crippen LogP contribution in [0, 0.1) is 11.3 Å². The average Bonchev–Trinajstić information content (AvgIpc) is 3.38. The van der Waals surface area contributed by atoms with Gasteiger partial charge in [-0.05, 0) is 54.8 Å². The van der Waals surface area contributed by atoms with Crippen LogP contribution in [0.1, 0.15) is 19.4 Å². The topological polar surface area (TPSA) is 90.7 Å². The number of nitrogens with zero attached hydrogens (tertiary/aromatic N) is 5. The molecule has 1 N–H and O–H groups in total. The van der Waals surface area contributed by atoms with Gasteiger partial charge in [-0.1, -0.05) is 30.3 Å². The van der Waals surface area contributed by atoms with E-state index in [9.17, 15) is 5.26 Å². The van der Waals surface area contributed by atoms with Gasteiger partial charge < -0.3 is 9.64 Å². The lowest BCUT2D eigenvalue weighted by molar-refractivity contribution is 0.122. The fraction of sp³-hybridized carbons (Fsp3) is 0.241. The third kappa shape index (κ3) is 3.86. The van der Waals surface area contributed by atoms with Gasteiger partial charge in [0.1, 0.15) is 11.5 Å². The maximum absolute atomic E-state index is 9.49. The molecule has 0 aliphatic carbocycles. The van der Waals surface area contributed by atoms with Crippen LogP contribution in [-0.2, 0) is 10.2 Å². The molecule has 1 aliphatic heterocycles. The van der Waals surface area contributed by atoms with Gasteiger partial charge in [-0.25, -0.2) is 4.98 Å². The van der Waals surface area contributed by atoms with E-state index in [0.29, 0.717) is 0 Å². The first-order valence-electron chi connectivity index (χ1n) is 12.1. The maximum atomic E-state index is 9.49. The smallest absolute Gasteiger partial charge is 0.129 e. The molecule has 4 heterocycles. The predicted octanol–water partition coefficient (Wildman–Crippen LogP) is 5.48. The Hall–Kier alpha value is -4.28. The molecular formula is C29H26N6O. The van der Waals surface area contributed by atoms with Crippen molar-refractivity contribution in [1.82, 2.24) is 20.2 Å². The number of ether oxygens (including phenoxy) is 1. The van der Waals surface area contributed by atoms with Crippen molar-refractivity contribution >= 4 is 27.6 Å². The third-order valence-electron chi connectivity index (χ3n) is 6.97. The zero-order valence-electron chi connectivity index (χ0n) is 20.3. The summed E-state index contributed by atoms with van der Waals surface area (Å²) in [5.41, 5.74) is 6.33. The van der Waals surface area contributed by atoms with Crippen LogP contribution >= 0.6 is 0 Å². The Morgan fingerprint density at radius 1 is 0.944 bits per heavy atom. The number of fused-ring (bicyclic) bond motifs is 3. The summed E-state index contributed by atoms with van der Waals surface area (Å²) in [7, 11) is 0. The van der Waals surface area contributed by atoms with Crippen molar-refractivity contribution in [3.8, 4) is 28.5 Å². The molecule has 5 aromatic rings. The lowest BCUT2D eigenvalue weighted by Crippen LogP contribution is -2.36. The zero-order valence-corrected chi connectivity index (χ0v) is 20.3. The molecule has 0 bridgehead atoms. The van der Waals surface area contributed by atoms with Crippen molar-refractivity contribution in [2.24, 2.45) is 0 Å². The van der Waals surface area contributed by atoms with E-state index in [4.69, 9.17) is 4.74 Å². The molecule has 1 saturated heterocycles. The van der Waals surface area contributed by atoms with Gasteiger partial charge in [0.2, 0.25) is 0 Å². The second-order valence-corrected chi connectivity index (χ2v) is 9.67. The summed E-state index contributed by atoms with van der Waals surface area (Å²) in [5.74, 6) is 0.969. The molecule has 1 fully saturated rings. The summed E-state index contributed by atoms with van der Waals surface area (Å²) in [6.45, 7) is 7.00. The van der Waals surface area contributed by atoms with E-state index < -0.39 is 5.41 Å². The number of aromatic amines is 1. The van der Waals surface area contributed by atoms with Crippen LogP contribution in [-0.4, -0.2) is 46.5 Å². The third-order valence-corrected chi connectivity index (χ3v) is 6.97. The van der Waals surface area contributed by atoms with Crippen molar-refractivity contribution < 1.29 is 4.74 Å². The van der Waals surface area contributed by atoms with E-state index in [1.165, 1.54) is 0 Å². The van der Waals surface area contributed by atoms with Gasteiger partial charge in [0, 0.05) is 35.6 Å². The summed E-state index contributed by atoms with van der Waals surface area (Å²) in [6.07, 6.45) is 3.71. The first-order valence-corrected chi connectivity index (χ1v) is 12.1. The second-order valence-electron chi connectivity index (χ2n) is 9.67. The summed E-state index contributed by atoms with van der Waals surface area (Å²) in [6, 6.07) is 21.0. The van der Waals surface area contributed by atoms with E-state index in [1.54, 1.807) is 0 Å². The Labute approximate surface area is 209 Å². The van der Waals surface area contributed by atoms with Crippen molar-refractivity contribution in [2.45, 2.75) is 19.3 Å². The lowest BCUT2D eigenvalue weighted by atomic mass is 9.86. The number of rotatable bonds is 4. The number of pyridine rings is 2. The standard InChI is InChI=1S/C29H26N6O/c1-29(2,18-30)22-6-3-19(4-7-22)28-27-23-15-20(5-8-24(23)32-17-25(27)33-34-28)21-9-10-31-26(16-21)35-11-13-36-14-12-35/h3-10,15-17H,11-14H2,1-2H3,(H,33,34). The molecular weight excluding hydrogens is 448 g/mol. The normalized spacial score (nSPS) is 14.3. The number of hydrogen-bond donors (Lipinski definition) is 1. The number of H-pyrrole nitrogens is 1. The van der Waals surface area contributed by atoms with Gasteiger partial charge in [-0.15, -0.1) is 0 Å². The van der Waals surface area contributed by atoms with Gasteiger partial charge in [0.05, 0.1) is 41.9 Å². The van der Waals surface area contributed by atoms with Gasteiger partial charge in [-0.2, -0.15) is 10.4 Å². The summed E-state index contributed by atoms with van der Waals surface area (Å²) < 4.78 is 5.49. The number of morpholine rings is 1. The molecule has 0 spiro atoms. The second kappa shape index (κ2) is 8.74. The summed E-state index contributed by atoms with van der Waals surface area (Å²) >= 11 is 0. The highest BCUT2D eigenvalue weighted by Gasteiger charge is 2.20. The zero-order chi connectivity index (χ0) is 24.7. The highest BCUT2D eigenvalue weighted by Crippen LogP contribution is 2.35. The number of nitrogens with one attached hydrogen (secondary N) is 1. The Bertz CT molecular complexity index is 1610. The van der Waals surface area contributed by atoms with Crippen LogP contribution in [0.15, 0.2) is 67.0 Å². The highest BCUT2D eigenvalue weighted by atomic mass is 16.5. The minimum atomic E-state index is -0.539. The van der Waals surface area contributed by atoms with Gasteiger partial charge in [0.15, 0.2) is 0 Å². The van der Waals surface area contributed by atoms with Crippen molar-refractivity contribution in [3.63, 3.8) is 0 Å². The fourth-order valence-corrected chi connectivity index (χ4v) is 4.77. The van der Waals surface area contributed by atoms with Crippen molar-refractivity contribution in [3.05, 3.63) is 72.6 Å². The Kier molecular flexibility index (Phi) is 5.39. The van der Waals surface area contributed by atoms with Crippen LogP contribution in [0.2, 0.25) is 0 Å². The molecule has 0 atom stereocenters. The van der Waals surface area contributed by atoms with E-state index in [2.05, 4.69) is 55.4 Å². The molecule has 7 nitrogen and oxygen atoms in total. The summed E-state index contributed by atoms with van der Waals surface area (Å²) in [4.78, 5) is 11.5. The van der Waals surface area contributed by atoms with Crippen LogP contribution in [0.5, 0.6) is 0 Å². The van der Waals surface area contributed by atoms with Crippen LogP contribution < -0.4 is 4.90 Å². The summed E-state index contributed by atoms with van der Waals surface area (Å²) in [5, 5.41) is 19.4. The molecule has 36 heavy (non-hydrogen) atoms. The molecule has 1 aliphatic rings. The quantitative estimate of drug-likeness (QED) is 0.371. The first-order chi connectivity index (χ1) is 17.5. The average molecular weight is 475 g/mol. The molecule has 0 radical (unpaired) electrons. The lowest BCUT2D eigenvalue weighted by Gasteiger charge is -2.28. The van der Waals surface area contributed by atoms with Gasteiger partial charge in [0.25, 0.3) is 0 Å². The largest absolute Gasteiger partial charge is 0.378 e. The van der Waals surface area contributed by atoms with Gasteiger partial charge >= 0.3 is 0 Å². The molecule has 6 rings (SSSR count). The van der Waals surface area contributed by atoms with Crippen LogP contribution in [0.4, 0.5) is 5.82 Å². The van der Waals surface area contributed by atoms with E-state index in [-0.39, 0.29) is 0 Å². The highest BCUT2D eigenvalue weighted by molar-refractivity contribution is 6.11. The number of nitriles is 1. The minimum Gasteiger partial charge on any atom is -0.378 e. The van der Waals surface area contributed by atoms with Gasteiger partial charge in [-0.3, -0.25) is 10.1 Å². The molecule has 0 saturated carbocycles. The molecule has 0 amide bonds. The van der Waals surface area contributed by atoms with E-state index in [0.717, 1.165) is 81.9 Å². The molecule has 3 aromatic heterocycles. The maximum Gasteiger partial charge on any atom is 0.129 e. The van der Waals surface area contributed by atoms with Crippen molar-refractivity contribution in [2.75, 3.05) is 31.2 Å². The monoisotopic (exact) mass is 474 g/mol. The van der Waals surface area contributed by atoms with Crippen LogP contribution in [0.3, 0.4) is 0 Å². The fourth-order valence-electron chi connectivity index (χ4n) is 4.77. The van der Waals surface area contributed by atoms with Crippen LogP contribution in [0.25, 0.3) is 44.2 Å². The molecule has 178 valence electrons. The Morgan fingerprint density at radius 2 is 1.69 bits per heavy atom. The SMILES string of the molecule is CC(C)(C#N)c1ccc(-c2n[nH]c3cnc4ccc(-c5ccnc(N6CCOCC6)c5)cc4c23)cc1. The van der Waals surface area contributed by atoms with E-state index in [1.807, 2.05) is 56.6 Å². The number of benzene rings is 2. The number of anilines is 1.